The Kier molecular flexibility index (Phi) is 7.99. The molecule has 58 heavy (non-hydrogen) atoms. The molecule has 3 aromatic heterocycles. The van der Waals surface area contributed by atoms with Gasteiger partial charge in [0.2, 0.25) is 0 Å². The summed E-state index contributed by atoms with van der Waals surface area (Å²) >= 11 is 1.82. The molecule has 270 valence electrons. The SMILES string of the molecule is N#Cc1ccc(-c2ccc3c4ccccc4n(-c4ccc(-c5ccc6c(c5)sc5ccccc56)cc4-c4nc(-c5ccccc5)nc(-c5ccccc5)n4)c3c2)cc1. The second-order valence-corrected chi connectivity index (χ2v) is 15.4. The van der Waals surface area contributed by atoms with Crippen LogP contribution in [0.15, 0.2) is 188 Å². The normalized spacial score (nSPS) is 11.4. The van der Waals surface area contributed by atoms with Gasteiger partial charge in [-0.05, 0) is 70.8 Å². The van der Waals surface area contributed by atoms with E-state index in [0.29, 0.717) is 23.0 Å². The zero-order valence-electron chi connectivity index (χ0n) is 31.0. The lowest BCUT2D eigenvalue weighted by Crippen LogP contribution is -2.04. The van der Waals surface area contributed by atoms with Crippen molar-refractivity contribution in [2.24, 2.45) is 0 Å². The summed E-state index contributed by atoms with van der Waals surface area (Å²) in [6, 6.07) is 67.5. The number of fused-ring (bicyclic) bond motifs is 6. The van der Waals surface area contributed by atoms with Crippen LogP contribution in [-0.2, 0) is 0 Å². The quantitative estimate of drug-likeness (QED) is 0.169. The first-order valence-electron chi connectivity index (χ1n) is 19.2. The van der Waals surface area contributed by atoms with E-state index in [2.05, 4.69) is 114 Å². The van der Waals surface area contributed by atoms with Crippen LogP contribution >= 0.6 is 11.3 Å². The average Bonchev–Trinajstić information content (AvgIpc) is 3.84. The first kappa shape index (κ1) is 33.6. The highest BCUT2D eigenvalue weighted by molar-refractivity contribution is 7.25. The molecule has 0 spiro atoms. The first-order valence-corrected chi connectivity index (χ1v) is 20.0. The highest BCUT2D eigenvalue weighted by Crippen LogP contribution is 2.41. The fourth-order valence-electron chi connectivity index (χ4n) is 8.07. The summed E-state index contributed by atoms with van der Waals surface area (Å²) in [5, 5.41) is 14.3. The number of benzene rings is 8. The maximum Gasteiger partial charge on any atom is 0.166 e. The highest BCUT2D eigenvalue weighted by atomic mass is 32.1. The third-order valence-electron chi connectivity index (χ3n) is 10.9. The Morgan fingerprint density at radius 1 is 0.397 bits per heavy atom. The van der Waals surface area contributed by atoms with Gasteiger partial charge < -0.3 is 4.57 Å². The van der Waals surface area contributed by atoms with Crippen molar-refractivity contribution in [1.82, 2.24) is 19.5 Å². The molecule has 0 saturated carbocycles. The summed E-state index contributed by atoms with van der Waals surface area (Å²) in [6.07, 6.45) is 0. The molecule has 0 amide bonds. The van der Waals surface area contributed by atoms with E-state index < -0.39 is 0 Å². The number of nitriles is 1. The molecule has 0 saturated heterocycles. The molecule has 5 nitrogen and oxygen atoms in total. The molecule has 0 bridgehead atoms. The molecule has 0 aliphatic rings. The maximum absolute atomic E-state index is 9.47. The number of rotatable bonds is 6. The molecule has 11 aromatic rings. The topological polar surface area (TPSA) is 67.4 Å². The third-order valence-corrected chi connectivity index (χ3v) is 12.0. The first-order chi connectivity index (χ1) is 28.7. The molecule has 0 aliphatic heterocycles. The molecule has 0 N–H and O–H groups in total. The van der Waals surface area contributed by atoms with Gasteiger partial charge in [0.15, 0.2) is 17.5 Å². The Balaban J connectivity index is 1.19. The minimum Gasteiger partial charge on any atom is -0.308 e. The average molecular weight is 758 g/mol. The van der Waals surface area contributed by atoms with Gasteiger partial charge in [-0.3, -0.25) is 0 Å². The Labute approximate surface area is 338 Å². The van der Waals surface area contributed by atoms with Gasteiger partial charge in [0.1, 0.15) is 0 Å². The monoisotopic (exact) mass is 757 g/mol. The summed E-state index contributed by atoms with van der Waals surface area (Å²) in [6.45, 7) is 0. The second kappa shape index (κ2) is 13.8. The summed E-state index contributed by atoms with van der Waals surface area (Å²) in [5.41, 5.74) is 10.8. The standard InChI is InChI=1S/C52H31N5S/c53-32-33-19-21-34(22-20-33)38-23-26-41-40-15-7-9-17-45(40)57(47(41)30-38)46-28-25-37(39-24-27-43-42-16-8-10-18-48(42)58-49(43)31-39)29-44(46)52-55-50(35-11-3-1-4-12-35)54-51(56-52)36-13-5-2-6-14-36/h1-31H. The number of aromatic nitrogens is 4. The summed E-state index contributed by atoms with van der Waals surface area (Å²) < 4.78 is 4.88. The van der Waals surface area contributed by atoms with E-state index in [1.165, 1.54) is 20.2 Å². The molecule has 3 heterocycles. The van der Waals surface area contributed by atoms with Crippen LogP contribution in [0.3, 0.4) is 0 Å². The molecule has 0 fully saturated rings. The predicted molar refractivity (Wildman–Crippen MR) is 239 cm³/mol. The fourth-order valence-corrected chi connectivity index (χ4v) is 9.22. The number of nitrogens with zero attached hydrogens (tertiary/aromatic N) is 5. The lowest BCUT2D eigenvalue weighted by Gasteiger charge is -2.17. The lowest BCUT2D eigenvalue weighted by molar-refractivity contribution is 1.06. The van der Waals surface area contributed by atoms with Gasteiger partial charge in [0.25, 0.3) is 0 Å². The molecular weight excluding hydrogens is 727 g/mol. The predicted octanol–water partition coefficient (Wildman–Crippen LogP) is 13.5. The van der Waals surface area contributed by atoms with Crippen LogP contribution in [-0.4, -0.2) is 19.5 Å². The van der Waals surface area contributed by atoms with Crippen molar-refractivity contribution in [2.45, 2.75) is 0 Å². The van der Waals surface area contributed by atoms with Crippen molar-refractivity contribution in [2.75, 3.05) is 0 Å². The Bertz CT molecular complexity index is 3340. The molecule has 11 rings (SSSR count). The number of hydrogen-bond donors (Lipinski definition) is 0. The molecule has 0 radical (unpaired) electrons. The van der Waals surface area contributed by atoms with Crippen molar-refractivity contribution in [1.29, 1.82) is 5.26 Å². The second-order valence-electron chi connectivity index (χ2n) is 14.4. The molecule has 0 atom stereocenters. The third kappa shape index (κ3) is 5.73. The Hall–Kier alpha value is -7.72. The van der Waals surface area contributed by atoms with Gasteiger partial charge in [-0.1, -0.05) is 140 Å². The van der Waals surface area contributed by atoms with Gasteiger partial charge in [-0.15, -0.1) is 11.3 Å². The highest BCUT2D eigenvalue weighted by Gasteiger charge is 2.21. The molecular formula is C52H31N5S. The van der Waals surface area contributed by atoms with Gasteiger partial charge in [0.05, 0.1) is 28.4 Å². The van der Waals surface area contributed by atoms with E-state index in [4.69, 9.17) is 15.0 Å². The van der Waals surface area contributed by atoms with Crippen molar-refractivity contribution in [3.63, 3.8) is 0 Å². The van der Waals surface area contributed by atoms with E-state index in [0.717, 1.165) is 66.4 Å². The number of para-hydroxylation sites is 1. The Morgan fingerprint density at radius 3 is 1.66 bits per heavy atom. The molecule has 8 aromatic carbocycles. The lowest BCUT2D eigenvalue weighted by atomic mass is 9.99. The van der Waals surface area contributed by atoms with Crippen LogP contribution in [0, 0.1) is 11.3 Å². The van der Waals surface area contributed by atoms with Crippen molar-refractivity contribution in [3.8, 4) is 68.2 Å². The van der Waals surface area contributed by atoms with Gasteiger partial charge in [-0.25, -0.2) is 15.0 Å². The zero-order valence-corrected chi connectivity index (χ0v) is 31.9. The number of thiophene rings is 1. The van der Waals surface area contributed by atoms with Gasteiger partial charge in [-0.2, -0.15) is 5.26 Å². The molecule has 6 heteroatoms. The van der Waals surface area contributed by atoms with E-state index in [1.54, 1.807) is 0 Å². The van der Waals surface area contributed by atoms with Gasteiger partial charge >= 0.3 is 0 Å². The maximum atomic E-state index is 9.47. The van der Waals surface area contributed by atoms with E-state index in [-0.39, 0.29) is 0 Å². The van der Waals surface area contributed by atoms with Gasteiger partial charge in [0, 0.05) is 47.6 Å². The largest absolute Gasteiger partial charge is 0.308 e. The Morgan fingerprint density at radius 2 is 0.931 bits per heavy atom. The van der Waals surface area contributed by atoms with Crippen molar-refractivity contribution >= 4 is 53.3 Å². The van der Waals surface area contributed by atoms with Crippen LogP contribution in [0.25, 0.3) is 104 Å². The fraction of sp³-hybridized carbons (Fsp3) is 0. The minimum absolute atomic E-state index is 0.585. The van der Waals surface area contributed by atoms with E-state index in [9.17, 15) is 5.26 Å². The summed E-state index contributed by atoms with van der Waals surface area (Å²) in [4.78, 5) is 15.6. The summed E-state index contributed by atoms with van der Waals surface area (Å²) in [5.74, 6) is 1.80. The molecule has 0 unspecified atom stereocenters. The van der Waals surface area contributed by atoms with Crippen molar-refractivity contribution < 1.29 is 0 Å². The van der Waals surface area contributed by atoms with Crippen LogP contribution < -0.4 is 0 Å². The van der Waals surface area contributed by atoms with Crippen molar-refractivity contribution in [3.05, 3.63) is 194 Å². The van der Waals surface area contributed by atoms with Crippen LogP contribution in [0.1, 0.15) is 5.56 Å². The van der Waals surface area contributed by atoms with E-state index >= 15 is 0 Å². The zero-order chi connectivity index (χ0) is 38.6. The summed E-state index contributed by atoms with van der Waals surface area (Å²) in [7, 11) is 0. The minimum atomic E-state index is 0.585. The van der Waals surface area contributed by atoms with Crippen LogP contribution in [0.5, 0.6) is 0 Å². The van der Waals surface area contributed by atoms with E-state index in [1.807, 2.05) is 96.3 Å². The van der Waals surface area contributed by atoms with Crippen LogP contribution in [0.2, 0.25) is 0 Å². The number of hydrogen-bond acceptors (Lipinski definition) is 5. The smallest absolute Gasteiger partial charge is 0.166 e. The molecule has 0 aliphatic carbocycles. The van der Waals surface area contributed by atoms with Crippen LogP contribution in [0.4, 0.5) is 0 Å².